The van der Waals surface area contributed by atoms with Crippen LogP contribution in [-0.2, 0) is 26.7 Å². The van der Waals surface area contributed by atoms with E-state index in [0.29, 0.717) is 48.5 Å². The van der Waals surface area contributed by atoms with Gasteiger partial charge in [0.25, 0.3) is 0 Å². The molecule has 9 nitrogen and oxygen atoms in total. The summed E-state index contributed by atoms with van der Waals surface area (Å²) in [5.74, 6) is -0.0622. The molecule has 0 unspecified atom stereocenters. The zero-order chi connectivity index (χ0) is 32.4. The second-order valence-corrected chi connectivity index (χ2v) is 16.4. The van der Waals surface area contributed by atoms with Crippen molar-refractivity contribution in [1.29, 1.82) is 0 Å². The van der Waals surface area contributed by atoms with Crippen LogP contribution < -0.4 is 5.32 Å². The Bertz CT molecular complexity index is 1630. The van der Waals surface area contributed by atoms with E-state index in [1.165, 1.54) is 12.3 Å². The first-order valence-corrected chi connectivity index (χ1v) is 16.7. The number of halogens is 2. The zero-order valence-corrected chi connectivity index (χ0v) is 27.9. The molecular formula is C32H41ClFN5O4S. The van der Waals surface area contributed by atoms with Crippen molar-refractivity contribution in [2.75, 3.05) is 18.4 Å². The molecule has 1 saturated heterocycles. The van der Waals surface area contributed by atoms with Crippen LogP contribution >= 0.6 is 11.6 Å². The Balaban J connectivity index is 1.43. The maximum Gasteiger partial charge on any atom is 0.410 e. The van der Waals surface area contributed by atoms with Gasteiger partial charge in [0, 0.05) is 48.6 Å². The molecule has 0 saturated carbocycles. The maximum atomic E-state index is 15.2. The third-order valence-corrected chi connectivity index (χ3v) is 10.5. The number of likely N-dealkylation sites (tertiary alicyclic amines) is 1. The van der Waals surface area contributed by atoms with Crippen molar-refractivity contribution in [3.05, 3.63) is 75.4 Å². The molecule has 0 spiro atoms. The fraction of sp³-hybridized carbons (Fsp3) is 0.500. The van der Waals surface area contributed by atoms with E-state index in [9.17, 15) is 13.2 Å². The summed E-state index contributed by atoms with van der Waals surface area (Å²) in [6, 6.07) is 6.68. The first kappa shape index (κ1) is 33.6. The first-order chi connectivity index (χ1) is 20.4. The molecular weight excluding hydrogens is 605 g/mol. The van der Waals surface area contributed by atoms with Crippen molar-refractivity contribution in [2.24, 2.45) is 0 Å². The van der Waals surface area contributed by atoms with Gasteiger partial charge in [0.15, 0.2) is 9.84 Å². The number of rotatable bonds is 7. The summed E-state index contributed by atoms with van der Waals surface area (Å²) in [5, 5.41) is 3.39. The van der Waals surface area contributed by atoms with Crippen LogP contribution in [0.15, 0.2) is 36.7 Å². The molecule has 1 N–H and O–H groups in total. The van der Waals surface area contributed by atoms with Crippen LogP contribution in [0, 0.1) is 12.7 Å². The quantitative estimate of drug-likeness (QED) is 0.289. The Kier molecular flexibility index (Phi) is 9.90. The molecule has 1 aromatic carbocycles. The van der Waals surface area contributed by atoms with Crippen LogP contribution in [-0.4, -0.2) is 57.8 Å². The lowest BCUT2D eigenvalue weighted by molar-refractivity contribution is 0.0204. The van der Waals surface area contributed by atoms with Gasteiger partial charge in [-0.15, -0.1) is 0 Å². The number of carbonyl (C=O) groups is 1. The summed E-state index contributed by atoms with van der Waals surface area (Å²) < 4.78 is 45.4. The van der Waals surface area contributed by atoms with E-state index in [0.717, 1.165) is 16.8 Å². The second kappa shape index (κ2) is 13.0. The summed E-state index contributed by atoms with van der Waals surface area (Å²) in [6.45, 7) is 13.4. The van der Waals surface area contributed by atoms with E-state index < -0.39 is 20.2 Å². The van der Waals surface area contributed by atoms with E-state index >= 15 is 4.39 Å². The van der Waals surface area contributed by atoms with Crippen LogP contribution in [0.2, 0.25) is 5.02 Å². The van der Waals surface area contributed by atoms with Crippen molar-refractivity contribution >= 4 is 39.3 Å². The van der Waals surface area contributed by atoms with Gasteiger partial charge in [0.05, 0.1) is 16.2 Å². The van der Waals surface area contributed by atoms with Crippen molar-refractivity contribution < 1.29 is 22.3 Å². The van der Waals surface area contributed by atoms with E-state index in [1.807, 2.05) is 33.8 Å². The van der Waals surface area contributed by atoms with Crippen molar-refractivity contribution in [1.82, 2.24) is 19.9 Å². The Labute approximate surface area is 264 Å². The number of hydrogen-bond donors (Lipinski definition) is 1. The smallest absolute Gasteiger partial charge is 0.410 e. The topological polar surface area (TPSA) is 114 Å². The van der Waals surface area contributed by atoms with Gasteiger partial charge in [-0.1, -0.05) is 23.7 Å². The van der Waals surface area contributed by atoms with Gasteiger partial charge in [-0.3, -0.25) is 0 Å². The minimum absolute atomic E-state index is 0.0554. The number of piperidine rings is 1. The van der Waals surface area contributed by atoms with Gasteiger partial charge >= 0.3 is 6.09 Å². The Hall–Kier alpha value is -3.31. The normalized spacial score (nSPS) is 14.9. The average Bonchev–Trinajstić information content (AvgIpc) is 2.91. The lowest BCUT2D eigenvalue weighted by Gasteiger charge is -2.33. The second-order valence-electron chi connectivity index (χ2n) is 13.3. The number of ether oxygens (including phenoxy) is 1. The van der Waals surface area contributed by atoms with E-state index in [4.69, 9.17) is 16.3 Å². The van der Waals surface area contributed by atoms with Crippen molar-refractivity contribution in [2.45, 2.75) is 89.7 Å². The molecule has 0 atom stereocenters. The van der Waals surface area contributed by atoms with Gasteiger partial charge in [-0.05, 0) is 90.0 Å². The summed E-state index contributed by atoms with van der Waals surface area (Å²) in [6.07, 6.45) is 4.51. The Morgan fingerprint density at radius 3 is 2.39 bits per heavy atom. The SMILES string of the molecule is Cc1cnc(Nc2cc(F)c(C3CCN(C(=O)OC(C)(C)C)CC3)cn2)nc1Cc1ccc(Cl)c(CS(=O)(=O)C(C)(C)C)c1. The van der Waals surface area contributed by atoms with Gasteiger partial charge in [-0.25, -0.2) is 32.6 Å². The minimum Gasteiger partial charge on any atom is -0.444 e. The van der Waals surface area contributed by atoms with Crippen LogP contribution in [0.4, 0.5) is 21.0 Å². The van der Waals surface area contributed by atoms with Crippen LogP contribution in [0.1, 0.15) is 88.2 Å². The number of aromatic nitrogens is 3. The number of nitrogens with zero attached hydrogens (tertiary/aromatic N) is 4. The summed E-state index contributed by atoms with van der Waals surface area (Å²) >= 11 is 6.36. The molecule has 12 heteroatoms. The number of sulfone groups is 1. The third kappa shape index (κ3) is 8.44. The highest BCUT2D eigenvalue weighted by Gasteiger charge is 2.30. The molecule has 0 aliphatic carbocycles. The fourth-order valence-electron chi connectivity index (χ4n) is 4.80. The van der Waals surface area contributed by atoms with E-state index in [-0.39, 0.29) is 35.3 Å². The third-order valence-electron chi connectivity index (χ3n) is 7.55. The molecule has 3 aromatic rings. The largest absolute Gasteiger partial charge is 0.444 e. The lowest BCUT2D eigenvalue weighted by atomic mass is 9.90. The number of benzene rings is 1. The lowest BCUT2D eigenvalue weighted by Crippen LogP contribution is -2.41. The monoisotopic (exact) mass is 645 g/mol. The van der Waals surface area contributed by atoms with Gasteiger partial charge in [-0.2, -0.15) is 0 Å². The molecule has 4 rings (SSSR count). The molecule has 3 heterocycles. The molecule has 1 fully saturated rings. The number of anilines is 2. The number of pyridine rings is 1. The standard InChI is InChI=1S/C32H41ClFN5O4S/c1-20-17-36-29(37-27(20)15-21-8-9-25(33)23(14-21)19-44(41,42)32(5,6)7)38-28-16-26(34)24(18-35-28)22-10-12-39(13-11-22)30(40)43-31(2,3)4/h8-9,14,16-18,22H,10-13,15,19H2,1-7H3,(H,35,36,37,38). The summed E-state index contributed by atoms with van der Waals surface area (Å²) in [5.41, 5.74) is 2.92. The highest BCUT2D eigenvalue weighted by atomic mass is 35.5. The fourth-order valence-corrected chi connectivity index (χ4v) is 6.15. The summed E-state index contributed by atoms with van der Waals surface area (Å²) in [4.78, 5) is 27.4. The molecule has 1 aliphatic rings. The van der Waals surface area contributed by atoms with Gasteiger partial charge < -0.3 is 15.0 Å². The molecule has 44 heavy (non-hydrogen) atoms. The first-order valence-electron chi connectivity index (χ1n) is 14.6. The van der Waals surface area contributed by atoms with Crippen molar-refractivity contribution in [3.8, 4) is 0 Å². The molecule has 1 amide bonds. The maximum absolute atomic E-state index is 15.2. The minimum atomic E-state index is -3.42. The molecule has 1 aliphatic heterocycles. The average molecular weight is 646 g/mol. The van der Waals surface area contributed by atoms with Gasteiger partial charge in [0.2, 0.25) is 5.95 Å². The number of nitrogens with one attached hydrogen (secondary N) is 1. The zero-order valence-electron chi connectivity index (χ0n) is 26.4. The predicted octanol–water partition coefficient (Wildman–Crippen LogP) is 7.13. The Morgan fingerprint density at radius 1 is 1.09 bits per heavy atom. The van der Waals surface area contributed by atoms with Crippen LogP contribution in [0.5, 0.6) is 0 Å². The number of hydrogen-bond acceptors (Lipinski definition) is 8. The van der Waals surface area contributed by atoms with Crippen LogP contribution in [0.3, 0.4) is 0 Å². The van der Waals surface area contributed by atoms with E-state index in [1.54, 1.807) is 44.0 Å². The molecule has 0 bridgehead atoms. The number of aryl methyl sites for hydroxylation is 1. The van der Waals surface area contributed by atoms with E-state index in [2.05, 4.69) is 20.3 Å². The van der Waals surface area contributed by atoms with Gasteiger partial charge in [0.1, 0.15) is 17.2 Å². The predicted molar refractivity (Wildman–Crippen MR) is 171 cm³/mol. The number of carbonyl (C=O) groups excluding carboxylic acids is 1. The van der Waals surface area contributed by atoms with Crippen LogP contribution in [0.25, 0.3) is 0 Å². The summed E-state index contributed by atoms with van der Waals surface area (Å²) in [7, 11) is -3.42. The molecule has 238 valence electrons. The van der Waals surface area contributed by atoms with Crippen molar-refractivity contribution in [3.63, 3.8) is 0 Å². The highest BCUT2D eigenvalue weighted by Crippen LogP contribution is 2.31. The Morgan fingerprint density at radius 2 is 1.77 bits per heavy atom. The molecule has 0 radical (unpaired) electrons. The highest BCUT2D eigenvalue weighted by molar-refractivity contribution is 7.91. The number of amides is 1. The molecule has 2 aromatic heterocycles.